The summed E-state index contributed by atoms with van der Waals surface area (Å²) in [6.07, 6.45) is 8.75. The van der Waals surface area contributed by atoms with Gasteiger partial charge >= 0.3 is 0 Å². The number of halogens is 1. The molecule has 0 aromatic carbocycles. The van der Waals surface area contributed by atoms with Gasteiger partial charge in [0, 0.05) is 37.6 Å². The fraction of sp³-hybridized carbons (Fsp3) is 0.455. The van der Waals surface area contributed by atoms with Gasteiger partial charge in [-0.1, -0.05) is 11.6 Å². The number of piperidine rings is 1. The Morgan fingerprint density at radius 1 is 1.07 bits per heavy atom. The van der Waals surface area contributed by atoms with Gasteiger partial charge in [-0.3, -0.25) is 4.98 Å². The van der Waals surface area contributed by atoms with Crippen molar-refractivity contribution in [1.82, 2.24) is 24.8 Å². The van der Waals surface area contributed by atoms with Crippen LogP contribution in [0.1, 0.15) is 19.3 Å². The number of methoxy groups -OCH3 is 1. The van der Waals surface area contributed by atoms with Crippen molar-refractivity contribution in [3.63, 3.8) is 0 Å². The third-order valence-electron chi connectivity index (χ3n) is 6.54. The molecule has 8 heteroatoms. The van der Waals surface area contributed by atoms with E-state index < -0.39 is 0 Å². The van der Waals surface area contributed by atoms with E-state index in [4.69, 9.17) is 26.3 Å². The molecule has 3 aromatic rings. The number of rotatable bonds is 3. The van der Waals surface area contributed by atoms with Gasteiger partial charge in [0.1, 0.15) is 17.1 Å². The molecule has 156 valence electrons. The Morgan fingerprint density at radius 3 is 2.47 bits per heavy atom. The molecule has 0 radical (unpaired) electrons. The maximum absolute atomic E-state index is 6.48. The zero-order chi connectivity index (χ0) is 20.7. The van der Waals surface area contributed by atoms with Gasteiger partial charge in [-0.25, -0.2) is 15.0 Å². The lowest BCUT2D eigenvalue weighted by atomic mass is 9.78. The Balaban J connectivity index is 1.60. The smallest absolute Gasteiger partial charge is 0.162 e. The molecule has 5 rings (SSSR count). The number of ether oxygens (including phenoxy) is 1. The summed E-state index contributed by atoms with van der Waals surface area (Å²) in [6.45, 7) is 4.29. The maximum Gasteiger partial charge on any atom is 0.162 e. The zero-order valence-electron chi connectivity index (χ0n) is 17.3. The molecule has 5 heterocycles. The highest BCUT2D eigenvalue weighted by atomic mass is 35.5. The van der Waals surface area contributed by atoms with Crippen molar-refractivity contribution in [2.24, 2.45) is 5.41 Å². The van der Waals surface area contributed by atoms with Gasteiger partial charge in [0.05, 0.1) is 18.7 Å². The molecule has 2 aliphatic heterocycles. The van der Waals surface area contributed by atoms with Crippen molar-refractivity contribution in [1.29, 1.82) is 0 Å². The van der Waals surface area contributed by atoms with E-state index in [1.165, 1.54) is 19.5 Å². The lowest BCUT2D eigenvalue weighted by Crippen LogP contribution is -2.41. The van der Waals surface area contributed by atoms with E-state index in [0.717, 1.165) is 42.7 Å². The molecule has 0 amide bonds. The van der Waals surface area contributed by atoms with E-state index in [2.05, 4.69) is 26.8 Å². The maximum atomic E-state index is 6.48. The molecule has 0 aliphatic carbocycles. The van der Waals surface area contributed by atoms with Gasteiger partial charge < -0.3 is 14.5 Å². The standard InChI is InChI=1S/C22H25ClN6O/c1-28-10-5-22(14-28)6-11-29(12-7-22)21-17-16(30-2)13-25-19(23)18(17)26-20(27-21)15-3-8-24-9-4-15/h3-4,8-9,13H,5-7,10-12,14H2,1-2H3. The number of pyridine rings is 2. The van der Waals surface area contributed by atoms with Crippen LogP contribution in [0, 0.1) is 5.41 Å². The van der Waals surface area contributed by atoms with E-state index in [-0.39, 0.29) is 0 Å². The van der Waals surface area contributed by atoms with Crippen LogP contribution >= 0.6 is 11.6 Å². The van der Waals surface area contributed by atoms with Gasteiger partial charge in [0.25, 0.3) is 0 Å². The van der Waals surface area contributed by atoms with Crippen molar-refractivity contribution in [3.05, 3.63) is 35.9 Å². The first-order chi connectivity index (χ1) is 14.6. The second-order valence-electron chi connectivity index (χ2n) is 8.42. The monoisotopic (exact) mass is 424 g/mol. The molecule has 30 heavy (non-hydrogen) atoms. The first-order valence-electron chi connectivity index (χ1n) is 10.3. The molecule has 0 bridgehead atoms. The van der Waals surface area contributed by atoms with Gasteiger partial charge in [-0.05, 0) is 50.4 Å². The quantitative estimate of drug-likeness (QED) is 0.594. The van der Waals surface area contributed by atoms with Crippen molar-refractivity contribution < 1.29 is 4.74 Å². The highest BCUT2D eigenvalue weighted by Crippen LogP contribution is 2.43. The molecule has 3 aromatic heterocycles. The van der Waals surface area contributed by atoms with E-state index in [9.17, 15) is 0 Å². The van der Waals surface area contributed by atoms with Crippen LogP contribution in [-0.4, -0.2) is 65.2 Å². The molecule has 0 unspecified atom stereocenters. The second-order valence-corrected chi connectivity index (χ2v) is 8.78. The lowest BCUT2D eigenvalue weighted by Gasteiger charge is -2.40. The van der Waals surface area contributed by atoms with Crippen molar-refractivity contribution in [3.8, 4) is 17.1 Å². The first-order valence-corrected chi connectivity index (χ1v) is 10.7. The lowest BCUT2D eigenvalue weighted by molar-refractivity contribution is 0.222. The Hall–Kier alpha value is -2.51. The van der Waals surface area contributed by atoms with Crippen LogP contribution in [0.25, 0.3) is 22.3 Å². The molecule has 0 saturated carbocycles. The highest BCUT2D eigenvalue weighted by Gasteiger charge is 2.40. The Bertz CT molecular complexity index is 1070. The SMILES string of the molecule is COc1cnc(Cl)c2nc(-c3ccncc3)nc(N3CCC4(CCN(C)C4)CC3)c12. The minimum atomic E-state index is 0.357. The average molecular weight is 425 g/mol. The van der Waals surface area contributed by atoms with Crippen LogP contribution in [0.15, 0.2) is 30.7 Å². The number of nitrogens with zero attached hydrogens (tertiary/aromatic N) is 6. The minimum absolute atomic E-state index is 0.357. The predicted molar refractivity (Wildman–Crippen MR) is 118 cm³/mol. The molecular formula is C22H25ClN6O. The topological polar surface area (TPSA) is 67.3 Å². The molecule has 0 atom stereocenters. The summed E-state index contributed by atoms with van der Waals surface area (Å²) in [5.74, 6) is 2.14. The van der Waals surface area contributed by atoms with Crippen molar-refractivity contribution in [2.75, 3.05) is 45.2 Å². The number of likely N-dealkylation sites (tertiary alicyclic amines) is 1. The van der Waals surface area contributed by atoms with Crippen LogP contribution in [0.3, 0.4) is 0 Å². The molecule has 1 spiro atoms. The van der Waals surface area contributed by atoms with Crippen LogP contribution in [-0.2, 0) is 0 Å². The number of aromatic nitrogens is 4. The fourth-order valence-corrected chi connectivity index (χ4v) is 5.03. The minimum Gasteiger partial charge on any atom is -0.494 e. The van der Waals surface area contributed by atoms with Crippen LogP contribution < -0.4 is 9.64 Å². The summed E-state index contributed by atoms with van der Waals surface area (Å²) >= 11 is 6.48. The van der Waals surface area contributed by atoms with E-state index in [1.807, 2.05) is 12.1 Å². The number of fused-ring (bicyclic) bond motifs is 1. The molecule has 2 aliphatic rings. The number of hydrogen-bond donors (Lipinski definition) is 0. The van der Waals surface area contributed by atoms with E-state index in [1.54, 1.807) is 25.7 Å². The third-order valence-corrected chi connectivity index (χ3v) is 6.81. The van der Waals surface area contributed by atoms with Crippen molar-refractivity contribution >= 4 is 28.3 Å². The van der Waals surface area contributed by atoms with E-state index in [0.29, 0.717) is 27.7 Å². The average Bonchev–Trinajstić information content (AvgIpc) is 3.14. The van der Waals surface area contributed by atoms with E-state index >= 15 is 0 Å². The molecule has 7 nitrogen and oxygen atoms in total. The van der Waals surface area contributed by atoms with Gasteiger partial charge in [0.2, 0.25) is 0 Å². The molecule has 2 saturated heterocycles. The summed E-state index contributed by atoms with van der Waals surface area (Å²) in [5, 5.41) is 1.19. The van der Waals surface area contributed by atoms with Gasteiger partial charge in [0.15, 0.2) is 11.0 Å². The summed E-state index contributed by atoms with van der Waals surface area (Å²) in [7, 11) is 3.87. The summed E-state index contributed by atoms with van der Waals surface area (Å²) in [4.78, 5) is 22.9. The summed E-state index contributed by atoms with van der Waals surface area (Å²) < 4.78 is 5.62. The molecule has 0 N–H and O–H groups in total. The number of hydrogen-bond acceptors (Lipinski definition) is 7. The van der Waals surface area contributed by atoms with Gasteiger partial charge in [-0.15, -0.1) is 0 Å². The predicted octanol–water partition coefficient (Wildman–Crippen LogP) is 3.67. The van der Waals surface area contributed by atoms with Crippen LogP contribution in [0.4, 0.5) is 5.82 Å². The van der Waals surface area contributed by atoms with Crippen LogP contribution in [0.5, 0.6) is 5.75 Å². The summed E-state index contributed by atoms with van der Waals surface area (Å²) in [6, 6.07) is 3.82. The van der Waals surface area contributed by atoms with Crippen molar-refractivity contribution in [2.45, 2.75) is 19.3 Å². The number of anilines is 1. The Kier molecular flexibility index (Phi) is 4.95. The highest BCUT2D eigenvalue weighted by molar-refractivity contribution is 6.34. The Labute approximate surface area is 181 Å². The largest absolute Gasteiger partial charge is 0.494 e. The third kappa shape index (κ3) is 3.36. The second kappa shape index (κ2) is 7.63. The molecule has 2 fully saturated rings. The zero-order valence-corrected chi connectivity index (χ0v) is 18.1. The summed E-state index contributed by atoms with van der Waals surface area (Å²) in [5.41, 5.74) is 1.96. The fourth-order valence-electron chi connectivity index (χ4n) is 4.84. The first kappa shape index (κ1) is 19.5. The Morgan fingerprint density at radius 2 is 1.80 bits per heavy atom. The molecular weight excluding hydrogens is 400 g/mol. The van der Waals surface area contributed by atoms with Crippen LogP contribution in [0.2, 0.25) is 5.15 Å². The van der Waals surface area contributed by atoms with Gasteiger partial charge in [-0.2, -0.15) is 0 Å². The normalized spacial score (nSPS) is 19.0.